The number of nitrogens with zero attached hydrogens (tertiary/aromatic N) is 2. The number of unbranched alkanes of at least 4 members (excludes halogenated alkanes) is 1. The van der Waals surface area contributed by atoms with Crippen molar-refractivity contribution in [3.8, 4) is 11.4 Å². The molecule has 0 atom stereocenters. The van der Waals surface area contributed by atoms with Crippen LogP contribution in [0, 0.1) is 6.92 Å². The minimum absolute atomic E-state index is 0.942. The Labute approximate surface area is 103 Å². The Morgan fingerprint density at radius 2 is 1.65 bits per heavy atom. The average Bonchev–Trinajstić information content (AvgIpc) is 2.38. The molecule has 2 aromatic heterocycles. The Morgan fingerprint density at radius 1 is 0.941 bits per heavy atom. The summed E-state index contributed by atoms with van der Waals surface area (Å²) in [7, 11) is 0. The fourth-order valence-electron chi connectivity index (χ4n) is 1.72. The van der Waals surface area contributed by atoms with Gasteiger partial charge in [-0.05, 0) is 43.0 Å². The second-order valence-electron chi connectivity index (χ2n) is 4.38. The third kappa shape index (κ3) is 3.13. The quantitative estimate of drug-likeness (QED) is 0.792. The van der Waals surface area contributed by atoms with Crippen molar-refractivity contribution in [3.05, 3.63) is 47.8 Å². The van der Waals surface area contributed by atoms with Crippen LogP contribution in [0.3, 0.4) is 0 Å². The van der Waals surface area contributed by atoms with Crippen molar-refractivity contribution < 1.29 is 0 Å². The largest absolute Gasteiger partial charge is 0.254 e. The Kier molecular flexibility index (Phi) is 3.86. The smallest absolute Gasteiger partial charge is 0.0886 e. The van der Waals surface area contributed by atoms with Gasteiger partial charge in [-0.1, -0.05) is 25.5 Å². The van der Waals surface area contributed by atoms with Crippen LogP contribution in [0.4, 0.5) is 0 Å². The van der Waals surface area contributed by atoms with Gasteiger partial charge in [0.1, 0.15) is 0 Å². The molecule has 0 aromatic carbocycles. The summed E-state index contributed by atoms with van der Waals surface area (Å²) in [6.07, 6.45) is 7.41. The molecule has 17 heavy (non-hydrogen) atoms. The van der Waals surface area contributed by atoms with Gasteiger partial charge in [-0.15, -0.1) is 0 Å². The lowest BCUT2D eigenvalue weighted by atomic mass is 10.1. The maximum Gasteiger partial charge on any atom is 0.0886 e. The first-order valence-corrected chi connectivity index (χ1v) is 6.17. The van der Waals surface area contributed by atoms with E-state index in [2.05, 4.69) is 35.1 Å². The highest BCUT2D eigenvalue weighted by molar-refractivity contribution is 5.53. The van der Waals surface area contributed by atoms with Crippen molar-refractivity contribution in [1.82, 2.24) is 9.97 Å². The zero-order valence-electron chi connectivity index (χ0n) is 10.5. The summed E-state index contributed by atoms with van der Waals surface area (Å²) in [6.45, 7) is 4.25. The van der Waals surface area contributed by atoms with Crippen LogP contribution in [0.15, 0.2) is 36.7 Å². The second-order valence-corrected chi connectivity index (χ2v) is 4.38. The van der Waals surface area contributed by atoms with Crippen LogP contribution < -0.4 is 0 Å². The van der Waals surface area contributed by atoms with E-state index >= 15 is 0 Å². The Balaban J connectivity index is 2.14. The Hall–Kier alpha value is -1.70. The van der Waals surface area contributed by atoms with Gasteiger partial charge in [0.2, 0.25) is 0 Å². The van der Waals surface area contributed by atoms with Crippen LogP contribution >= 0.6 is 0 Å². The summed E-state index contributed by atoms with van der Waals surface area (Å²) < 4.78 is 0. The Bertz CT molecular complexity index is 457. The molecule has 0 amide bonds. The zero-order valence-corrected chi connectivity index (χ0v) is 10.5. The van der Waals surface area contributed by atoms with E-state index in [1.54, 1.807) is 0 Å². The number of hydrogen-bond donors (Lipinski definition) is 0. The monoisotopic (exact) mass is 226 g/mol. The highest BCUT2D eigenvalue weighted by Gasteiger charge is 2.00. The van der Waals surface area contributed by atoms with Crippen LogP contribution in [0.2, 0.25) is 0 Å². The molecule has 0 fully saturated rings. The molecule has 2 aromatic rings. The molecule has 0 unspecified atom stereocenters. The third-order valence-electron chi connectivity index (χ3n) is 2.82. The van der Waals surface area contributed by atoms with Gasteiger partial charge in [0.15, 0.2) is 0 Å². The maximum absolute atomic E-state index is 4.47. The molecule has 0 N–H and O–H groups in total. The van der Waals surface area contributed by atoms with E-state index in [1.165, 1.54) is 24.0 Å². The fourth-order valence-corrected chi connectivity index (χ4v) is 1.72. The van der Waals surface area contributed by atoms with E-state index in [4.69, 9.17) is 0 Å². The number of pyridine rings is 2. The molecule has 0 saturated carbocycles. The highest BCUT2D eigenvalue weighted by atomic mass is 14.8. The standard InChI is InChI=1S/C15H18N2/c1-3-4-5-13-7-9-15(17-11-13)14-8-6-12(2)10-16-14/h6-11H,3-5H2,1-2H3. The third-order valence-corrected chi connectivity index (χ3v) is 2.82. The molecule has 0 saturated heterocycles. The van der Waals surface area contributed by atoms with E-state index in [0.717, 1.165) is 17.8 Å². The number of aromatic nitrogens is 2. The van der Waals surface area contributed by atoms with Gasteiger partial charge < -0.3 is 0 Å². The molecule has 0 aliphatic rings. The molecule has 0 bridgehead atoms. The maximum atomic E-state index is 4.47. The predicted molar refractivity (Wildman–Crippen MR) is 70.8 cm³/mol. The van der Waals surface area contributed by atoms with Crippen molar-refractivity contribution in [2.45, 2.75) is 33.1 Å². The van der Waals surface area contributed by atoms with Crippen molar-refractivity contribution in [1.29, 1.82) is 0 Å². The van der Waals surface area contributed by atoms with Gasteiger partial charge in [0.25, 0.3) is 0 Å². The summed E-state index contributed by atoms with van der Waals surface area (Å²) in [5.74, 6) is 0. The molecule has 0 spiro atoms. The van der Waals surface area contributed by atoms with E-state index in [1.807, 2.05) is 25.4 Å². The van der Waals surface area contributed by atoms with Crippen LogP contribution in [0.5, 0.6) is 0 Å². The average molecular weight is 226 g/mol. The van der Waals surface area contributed by atoms with Crippen molar-refractivity contribution in [2.24, 2.45) is 0 Å². The minimum atomic E-state index is 0.942. The summed E-state index contributed by atoms with van der Waals surface area (Å²) in [4.78, 5) is 8.85. The summed E-state index contributed by atoms with van der Waals surface area (Å²) >= 11 is 0. The Morgan fingerprint density at radius 3 is 2.18 bits per heavy atom. The van der Waals surface area contributed by atoms with Gasteiger partial charge in [-0.3, -0.25) is 9.97 Å². The van der Waals surface area contributed by atoms with Crippen molar-refractivity contribution in [3.63, 3.8) is 0 Å². The normalized spacial score (nSPS) is 10.5. The van der Waals surface area contributed by atoms with Gasteiger partial charge in [-0.2, -0.15) is 0 Å². The molecule has 2 rings (SSSR count). The van der Waals surface area contributed by atoms with Gasteiger partial charge >= 0.3 is 0 Å². The van der Waals surface area contributed by atoms with Crippen LogP contribution in [0.25, 0.3) is 11.4 Å². The first-order chi connectivity index (χ1) is 8.29. The van der Waals surface area contributed by atoms with Gasteiger partial charge in [0.05, 0.1) is 11.4 Å². The molecule has 88 valence electrons. The van der Waals surface area contributed by atoms with E-state index in [9.17, 15) is 0 Å². The molecule has 2 nitrogen and oxygen atoms in total. The lowest BCUT2D eigenvalue weighted by molar-refractivity contribution is 0.792. The predicted octanol–water partition coefficient (Wildman–Crippen LogP) is 3.79. The van der Waals surface area contributed by atoms with E-state index in [0.29, 0.717) is 0 Å². The highest BCUT2D eigenvalue weighted by Crippen LogP contribution is 2.15. The summed E-state index contributed by atoms with van der Waals surface area (Å²) in [5, 5.41) is 0. The molecule has 2 heterocycles. The lowest BCUT2D eigenvalue weighted by Gasteiger charge is -2.03. The second kappa shape index (κ2) is 5.58. The topological polar surface area (TPSA) is 25.8 Å². The summed E-state index contributed by atoms with van der Waals surface area (Å²) in [5.41, 5.74) is 4.37. The van der Waals surface area contributed by atoms with Crippen molar-refractivity contribution in [2.75, 3.05) is 0 Å². The fraction of sp³-hybridized carbons (Fsp3) is 0.333. The van der Waals surface area contributed by atoms with Crippen molar-refractivity contribution >= 4 is 0 Å². The number of rotatable bonds is 4. The van der Waals surface area contributed by atoms with Gasteiger partial charge in [-0.25, -0.2) is 0 Å². The van der Waals surface area contributed by atoms with E-state index < -0.39 is 0 Å². The molecule has 0 aliphatic heterocycles. The number of aryl methyl sites for hydroxylation is 2. The van der Waals surface area contributed by atoms with E-state index in [-0.39, 0.29) is 0 Å². The summed E-state index contributed by atoms with van der Waals surface area (Å²) in [6, 6.07) is 8.29. The zero-order chi connectivity index (χ0) is 12.1. The molecular formula is C15H18N2. The molecule has 0 aliphatic carbocycles. The van der Waals surface area contributed by atoms with Crippen LogP contribution in [-0.4, -0.2) is 9.97 Å². The lowest BCUT2D eigenvalue weighted by Crippen LogP contribution is -1.90. The molecular weight excluding hydrogens is 208 g/mol. The van der Waals surface area contributed by atoms with Crippen LogP contribution in [-0.2, 0) is 6.42 Å². The van der Waals surface area contributed by atoms with Gasteiger partial charge in [0, 0.05) is 12.4 Å². The van der Waals surface area contributed by atoms with Crippen LogP contribution in [0.1, 0.15) is 30.9 Å². The minimum Gasteiger partial charge on any atom is -0.254 e. The first kappa shape index (κ1) is 11.8. The molecule has 2 heteroatoms. The number of hydrogen-bond acceptors (Lipinski definition) is 2. The molecule has 0 radical (unpaired) electrons. The first-order valence-electron chi connectivity index (χ1n) is 6.17. The SMILES string of the molecule is CCCCc1ccc(-c2ccc(C)cn2)nc1.